The Morgan fingerprint density at radius 2 is 1.97 bits per heavy atom. The molecule has 0 saturated heterocycles. The second kappa shape index (κ2) is 7.83. The fourth-order valence-electron chi connectivity index (χ4n) is 3.17. The summed E-state index contributed by atoms with van der Waals surface area (Å²) in [5, 5.41) is 5.62. The Hall–Kier alpha value is -3.55. The number of aromatic amines is 1. The number of H-pyrrole nitrogens is 1. The van der Waals surface area contributed by atoms with E-state index in [2.05, 4.69) is 20.6 Å². The Morgan fingerprint density at radius 1 is 1.17 bits per heavy atom. The van der Waals surface area contributed by atoms with E-state index in [1.165, 1.54) is 0 Å². The molecule has 2 aromatic carbocycles. The molecule has 1 aliphatic rings. The number of amides is 2. The minimum Gasteiger partial charge on any atom is -0.454 e. The molecule has 0 fully saturated rings. The third kappa shape index (κ3) is 3.87. The molecule has 8 nitrogen and oxygen atoms in total. The summed E-state index contributed by atoms with van der Waals surface area (Å²) in [5.41, 5.74) is 1.98. The Kier molecular flexibility index (Phi) is 5.07. The lowest BCUT2D eigenvalue weighted by molar-refractivity contribution is -0.119. The quantitative estimate of drug-likeness (QED) is 0.596. The van der Waals surface area contributed by atoms with Crippen molar-refractivity contribution in [2.45, 2.75) is 26.3 Å². The lowest BCUT2D eigenvalue weighted by atomic mass is 9.98. The van der Waals surface area contributed by atoms with Crippen LogP contribution < -0.4 is 20.1 Å². The number of ether oxygens (including phenoxy) is 2. The number of carbonyl (C=O) groups is 2. The summed E-state index contributed by atoms with van der Waals surface area (Å²) in [6, 6.07) is 11.7. The van der Waals surface area contributed by atoms with E-state index in [0.717, 1.165) is 17.5 Å². The van der Waals surface area contributed by atoms with E-state index in [1.54, 1.807) is 18.2 Å². The molecule has 4 rings (SSSR count). The molecule has 0 aliphatic carbocycles. The van der Waals surface area contributed by atoms with Gasteiger partial charge < -0.3 is 19.8 Å². The average molecular weight is 394 g/mol. The summed E-state index contributed by atoms with van der Waals surface area (Å²) in [6.07, 6.45) is 0.722. The molecule has 0 saturated carbocycles. The maximum atomic E-state index is 12.9. The molecule has 2 heterocycles. The second-order valence-electron chi connectivity index (χ2n) is 7.00. The van der Waals surface area contributed by atoms with E-state index in [0.29, 0.717) is 23.0 Å². The molecule has 29 heavy (non-hydrogen) atoms. The Labute approximate surface area is 167 Å². The van der Waals surface area contributed by atoms with Gasteiger partial charge in [-0.25, -0.2) is 4.98 Å². The van der Waals surface area contributed by atoms with Gasteiger partial charge in [-0.1, -0.05) is 32.4 Å². The highest BCUT2D eigenvalue weighted by atomic mass is 16.7. The number of hydrogen-bond donors (Lipinski definition) is 3. The molecule has 3 aromatic rings. The first-order valence-electron chi connectivity index (χ1n) is 9.51. The number of nitrogens with zero attached hydrogens (tertiary/aromatic N) is 1. The van der Waals surface area contributed by atoms with Gasteiger partial charge in [0.25, 0.3) is 5.91 Å². The fourth-order valence-corrected chi connectivity index (χ4v) is 3.17. The number of hydrogen-bond acceptors (Lipinski definition) is 5. The van der Waals surface area contributed by atoms with E-state index >= 15 is 0 Å². The van der Waals surface area contributed by atoms with Gasteiger partial charge in [-0.15, -0.1) is 0 Å². The van der Waals surface area contributed by atoms with Crippen LogP contribution >= 0.6 is 0 Å². The third-order valence-electron chi connectivity index (χ3n) is 5.05. The number of anilines is 1. The fraction of sp³-hybridized carbons (Fsp3) is 0.286. The van der Waals surface area contributed by atoms with Crippen molar-refractivity contribution in [2.24, 2.45) is 5.92 Å². The molecule has 1 aromatic heterocycles. The van der Waals surface area contributed by atoms with E-state index in [1.807, 2.05) is 38.1 Å². The number of aromatic nitrogens is 2. The van der Waals surface area contributed by atoms with Crippen molar-refractivity contribution in [3.8, 4) is 11.5 Å². The van der Waals surface area contributed by atoms with Gasteiger partial charge in [-0.3, -0.25) is 14.9 Å². The molecule has 0 radical (unpaired) electrons. The van der Waals surface area contributed by atoms with Crippen LogP contribution in [0.3, 0.4) is 0 Å². The zero-order valence-corrected chi connectivity index (χ0v) is 16.2. The van der Waals surface area contributed by atoms with Crippen molar-refractivity contribution in [1.82, 2.24) is 15.3 Å². The molecule has 1 aliphatic heterocycles. The number of carbonyl (C=O) groups excluding carboxylic acids is 2. The maximum Gasteiger partial charge on any atom is 0.252 e. The number of benzene rings is 2. The van der Waals surface area contributed by atoms with Crippen LogP contribution in [-0.4, -0.2) is 34.6 Å². The SMILES string of the molecule is CC[C@H](C)[C@H](NC(=O)c1ccc2c(c1)OCO2)C(=O)Nc1nc2ccccc2[nH]1. The first-order chi connectivity index (χ1) is 14.0. The standard InChI is InChI=1S/C21H22N4O4/c1-3-12(2)18(20(27)25-21-22-14-6-4-5-7-15(14)23-21)24-19(26)13-8-9-16-17(10-13)29-11-28-16/h4-10,12,18H,3,11H2,1-2H3,(H,24,26)(H2,22,23,25,27)/t12-,18-/m0/s1. The van der Waals surface area contributed by atoms with Crippen LogP contribution in [0.2, 0.25) is 0 Å². The molecule has 2 atom stereocenters. The minimum atomic E-state index is -0.717. The average Bonchev–Trinajstić information content (AvgIpc) is 3.36. The summed E-state index contributed by atoms with van der Waals surface area (Å²) in [4.78, 5) is 33.1. The lowest BCUT2D eigenvalue weighted by Crippen LogP contribution is -2.47. The zero-order chi connectivity index (χ0) is 20.4. The topological polar surface area (TPSA) is 105 Å². The van der Waals surface area contributed by atoms with Crippen LogP contribution in [0.25, 0.3) is 11.0 Å². The number of fused-ring (bicyclic) bond motifs is 2. The highest BCUT2D eigenvalue weighted by Crippen LogP contribution is 2.32. The van der Waals surface area contributed by atoms with Gasteiger partial charge in [0.15, 0.2) is 11.5 Å². The smallest absolute Gasteiger partial charge is 0.252 e. The number of nitrogens with one attached hydrogen (secondary N) is 3. The van der Waals surface area contributed by atoms with E-state index in [-0.39, 0.29) is 24.5 Å². The van der Waals surface area contributed by atoms with Crippen molar-refractivity contribution in [3.05, 3.63) is 48.0 Å². The molecule has 0 unspecified atom stereocenters. The molecular formula is C21H22N4O4. The largest absolute Gasteiger partial charge is 0.454 e. The van der Waals surface area contributed by atoms with Gasteiger partial charge in [0.05, 0.1) is 11.0 Å². The normalized spacial score (nSPS) is 14.4. The number of imidazole rings is 1. The first kappa shape index (κ1) is 18.8. The summed E-state index contributed by atoms with van der Waals surface area (Å²) in [6.45, 7) is 4.03. The maximum absolute atomic E-state index is 12.9. The molecular weight excluding hydrogens is 372 g/mol. The van der Waals surface area contributed by atoms with Gasteiger partial charge in [-0.05, 0) is 36.2 Å². The predicted octanol–water partition coefficient (Wildman–Crippen LogP) is 3.07. The zero-order valence-electron chi connectivity index (χ0n) is 16.2. The minimum absolute atomic E-state index is 0.0719. The number of rotatable bonds is 6. The van der Waals surface area contributed by atoms with Crippen molar-refractivity contribution in [1.29, 1.82) is 0 Å². The second-order valence-corrected chi connectivity index (χ2v) is 7.00. The van der Waals surface area contributed by atoms with Crippen molar-refractivity contribution < 1.29 is 19.1 Å². The van der Waals surface area contributed by atoms with Crippen molar-refractivity contribution in [3.63, 3.8) is 0 Å². The van der Waals surface area contributed by atoms with Gasteiger partial charge in [-0.2, -0.15) is 0 Å². The number of para-hydroxylation sites is 2. The van der Waals surface area contributed by atoms with Crippen molar-refractivity contribution >= 4 is 28.8 Å². The molecule has 0 bridgehead atoms. The summed E-state index contributed by atoms with van der Waals surface area (Å²) in [5.74, 6) is 0.715. The van der Waals surface area contributed by atoms with Gasteiger partial charge in [0.2, 0.25) is 18.6 Å². The summed E-state index contributed by atoms with van der Waals surface area (Å²) in [7, 11) is 0. The lowest BCUT2D eigenvalue weighted by Gasteiger charge is -2.23. The first-order valence-corrected chi connectivity index (χ1v) is 9.51. The monoisotopic (exact) mass is 394 g/mol. The molecule has 2 amide bonds. The summed E-state index contributed by atoms with van der Waals surface area (Å²) >= 11 is 0. The van der Waals surface area contributed by atoms with Crippen LogP contribution in [0.1, 0.15) is 30.6 Å². The van der Waals surface area contributed by atoms with Crippen molar-refractivity contribution in [2.75, 3.05) is 12.1 Å². The summed E-state index contributed by atoms with van der Waals surface area (Å²) < 4.78 is 10.6. The van der Waals surface area contributed by atoms with Crippen LogP contribution in [0.15, 0.2) is 42.5 Å². The Balaban J connectivity index is 1.50. The molecule has 150 valence electrons. The van der Waals surface area contributed by atoms with E-state index in [4.69, 9.17) is 9.47 Å². The van der Waals surface area contributed by atoms with Crippen LogP contribution in [0.5, 0.6) is 11.5 Å². The highest BCUT2D eigenvalue weighted by molar-refractivity contribution is 6.01. The molecule has 3 N–H and O–H groups in total. The van der Waals surface area contributed by atoms with Gasteiger partial charge >= 0.3 is 0 Å². The van der Waals surface area contributed by atoms with Gasteiger partial charge in [0, 0.05) is 5.56 Å². The third-order valence-corrected chi connectivity index (χ3v) is 5.05. The predicted molar refractivity (Wildman–Crippen MR) is 108 cm³/mol. The Morgan fingerprint density at radius 3 is 2.76 bits per heavy atom. The Bertz CT molecular complexity index is 1030. The van der Waals surface area contributed by atoms with Crippen LogP contribution in [0.4, 0.5) is 5.95 Å². The van der Waals surface area contributed by atoms with Crippen LogP contribution in [0, 0.1) is 5.92 Å². The van der Waals surface area contributed by atoms with E-state index < -0.39 is 6.04 Å². The highest BCUT2D eigenvalue weighted by Gasteiger charge is 2.28. The van der Waals surface area contributed by atoms with Gasteiger partial charge in [0.1, 0.15) is 6.04 Å². The molecule has 0 spiro atoms. The van der Waals surface area contributed by atoms with Crippen LogP contribution in [-0.2, 0) is 4.79 Å². The van der Waals surface area contributed by atoms with E-state index in [9.17, 15) is 9.59 Å². The molecule has 8 heteroatoms.